The second-order valence-corrected chi connectivity index (χ2v) is 8.71. The van der Waals surface area contributed by atoms with Gasteiger partial charge in [-0.1, -0.05) is 6.07 Å². The Labute approximate surface area is 151 Å². The fourth-order valence-corrected chi connectivity index (χ4v) is 4.70. The van der Waals surface area contributed by atoms with E-state index < -0.39 is 16.1 Å². The average molecular weight is 380 g/mol. The summed E-state index contributed by atoms with van der Waals surface area (Å²) in [5.74, 6) is 0.130. The summed E-state index contributed by atoms with van der Waals surface area (Å²) in [5, 5.41) is 4.73. The predicted octanol–water partition coefficient (Wildman–Crippen LogP) is 2.69. The second-order valence-electron chi connectivity index (χ2n) is 5.94. The van der Waals surface area contributed by atoms with Gasteiger partial charge in [0.05, 0.1) is 10.6 Å². The number of anilines is 1. The van der Waals surface area contributed by atoms with Crippen LogP contribution in [-0.4, -0.2) is 27.0 Å². The van der Waals surface area contributed by atoms with Crippen LogP contribution < -0.4 is 14.8 Å². The number of carbonyl (C=O) groups excluding carboxylic acids is 1. The Bertz CT molecular complexity index is 876. The Balaban J connectivity index is 1.71. The quantitative estimate of drug-likeness (QED) is 0.755. The molecule has 1 unspecified atom stereocenters. The van der Waals surface area contributed by atoms with Crippen LogP contribution in [0, 0.1) is 6.92 Å². The van der Waals surface area contributed by atoms with Crippen molar-refractivity contribution in [2.45, 2.75) is 37.7 Å². The van der Waals surface area contributed by atoms with Gasteiger partial charge in [-0.2, -0.15) is 0 Å². The topological polar surface area (TPSA) is 84.5 Å². The van der Waals surface area contributed by atoms with Gasteiger partial charge < -0.3 is 10.1 Å². The highest BCUT2D eigenvalue weighted by molar-refractivity contribution is 7.89. The first kappa shape index (κ1) is 17.9. The van der Waals surface area contributed by atoms with Gasteiger partial charge in [0.25, 0.3) is 5.91 Å². The lowest BCUT2D eigenvalue weighted by molar-refractivity contribution is -0.122. The van der Waals surface area contributed by atoms with Crippen LogP contribution in [0.4, 0.5) is 5.69 Å². The van der Waals surface area contributed by atoms with Crippen LogP contribution in [-0.2, 0) is 21.2 Å². The number of fused-ring (bicyclic) bond motifs is 1. The van der Waals surface area contributed by atoms with E-state index in [1.54, 1.807) is 31.3 Å². The maximum absolute atomic E-state index is 12.6. The molecule has 0 radical (unpaired) electrons. The Morgan fingerprint density at radius 3 is 2.88 bits per heavy atom. The molecule has 1 aliphatic rings. The molecule has 2 aromatic rings. The molecule has 0 bridgehead atoms. The van der Waals surface area contributed by atoms with Crippen LogP contribution in [0.5, 0.6) is 5.75 Å². The van der Waals surface area contributed by atoms with Crippen LogP contribution in [0.25, 0.3) is 0 Å². The molecule has 25 heavy (non-hydrogen) atoms. The van der Waals surface area contributed by atoms with Crippen LogP contribution in [0.1, 0.15) is 23.8 Å². The number of thiophene rings is 1. The summed E-state index contributed by atoms with van der Waals surface area (Å²) < 4.78 is 33.3. The zero-order valence-corrected chi connectivity index (χ0v) is 15.7. The van der Waals surface area contributed by atoms with Crippen LogP contribution in [0.2, 0.25) is 0 Å². The lowest BCUT2D eigenvalue weighted by Crippen LogP contribution is -2.34. The van der Waals surface area contributed by atoms with E-state index in [9.17, 15) is 13.2 Å². The van der Waals surface area contributed by atoms with Crippen molar-refractivity contribution in [3.05, 3.63) is 40.1 Å². The number of hydrogen-bond acceptors (Lipinski definition) is 5. The van der Waals surface area contributed by atoms with Crippen LogP contribution in [0.15, 0.2) is 34.5 Å². The van der Waals surface area contributed by atoms with Gasteiger partial charge in [0, 0.05) is 17.5 Å². The maximum Gasteiger partial charge on any atom is 0.265 e. The highest BCUT2D eigenvalue weighted by atomic mass is 32.2. The SMILES string of the molecule is Cc1cc2c(cc1S(=O)(=O)NCCCc1cccs1)OC(C)C(=O)N2. The normalized spacial score (nSPS) is 16.9. The van der Waals surface area contributed by atoms with Gasteiger partial charge in [0.15, 0.2) is 6.10 Å². The Morgan fingerprint density at radius 2 is 2.16 bits per heavy atom. The Hall–Kier alpha value is -1.90. The van der Waals surface area contributed by atoms with Gasteiger partial charge in [-0.15, -0.1) is 11.3 Å². The number of rotatable bonds is 6. The number of benzene rings is 1. The van der Waals surface area contributed by atoms with Crippen molar-refractivity contribution >= 4 is 33.0 Å². The fraction of sp³-hybridized carbons (Fsp3) is 0.353. The smallest absolute Gasteiger partial charge is 0.265 e. The number of hydrogen-bond donors (Lipinski definition) is 2. The molecule has 1 amide bonds. The van der Waals surface area contributed by atoms with E-state index in [1.807, 2.05) is 17.5 Å². The van der Waals surface area contributed by atoms with Crippen molar-refractivity contribution in [2.24, 2.45) is 0 Å². The highest BCUT2D eigenvalue weighted by Crippen LogP contribution is 2.34. The van der Waals surface area contributed by atoms with Crippen molar-refractivity contribution in [3.8, 4) is 5.75 Å². The molecule has 0 fully saturated rings. The van der Waals surface area contributed by atoms with Gasteiger partial charge in [-0.05, 0) is 49.8 Å². The van der Waals surface area contributed by atoms with Crippen molar-refractivity contribution in [1.82, 2.24) is 4.72 Å². The summed E-state index contributed by atoms with van der Waals surface area (Å²) in [7, 11) is -3.64. The molecule has 1 aliphatic heterocycles. The van der Waals surface area contributed by atoms with Gasteiger partial charge >= 0.3 is 0 Å². The van der Waals surface area contributed by atoms with Crippen molar-refractivity contribution in [1.29, 1.82) is 0 Å². The molecule has 6 nitrogen and oxygen atoms in total. The molecule has 0 aliphatic carbocycles. The molecule has 2 N–H and O–H groups in total. The minimum absolute atomic E-state index is 0.172. The van der Waals surface area contributed by atoms with Gasteiger partial charge in [-0.25, -0.2) is 13.1 Å². The minimum Gasteiger partial charge on any atom is -0.479 e. The first-order chi connectivity index (χ1) is 11.9. The molecular formula is C17H20N2O4S2. The van der Waals surface area contributed by atoms with Crippen molar-refractivity contribution < 1.29 is 17.9 Å². The molecule has 1 aromatic carbocycles. The van der Waals surface area contributed by atoms with Crippen molar-refractivity contribution in [2.75, 3.05) is 11.9 Å². The monoisotopic (exact) mass is 380 g/mol. The first-order valence-corrected chi connectivity index (χ1v) is 10.4. The largest absolute Gasteiger partial charge is 0.479 e. The summed E-state index contributed by atoms with van der Waals surface area (Å²) in [6.07, 6.45) is 0.924. The zero-order chi connectivity index (χ0) is 18.0. The summed E-state index contributed by atoms with van der Waals surface area (Å²) in [6.45, 7) is 3.69. The molecule has 3 rings (SSSR count). The standard InChI is InChI=1S/C17H20N2O4S2/c1-11-9-14-15(23-12(2)17(20)19-14)10-16(11)25(21,22)18-7-3-5-13-6-4-8-24-13/h4,6,8-10,12,18H,3,5,7H2,1-2H3,(H,19,20). The second kappa shape index (κ2) is 7.15. The zero-order valence-electron chi connectivity index (χ0n) is 14.0. The molecular weight excluding hydrogens is 360 g/mol. The maximum atomic E-state index is 12.6. The van der Waals surface area contributed by atoms with Gasteiger partial charge in [0.2, 0.25) is 10.0 Å². The summed E-state index contributed by atoms with van der Waals surface area (Å²) in [5.41, 5.74) is 1.06. The van der Waals surface area contributed by atoms with Gasteiger partial charge in [0.1, 0.15) is 5.75 Å². The number of ether oxygens (including phenoxy) is 1. The third-order valence-electron chi connectivity index (χ3n) is 3.97. The third-order valence-corrected chi connectivity index (χ3v) is 6.51. The lowest BCUT2D eigenvalue weighted by atomic mass is 10.1. The lowest BCUT2D eigenvalue weighted by Gasteiger charge is -2.24. The molecule has 8 heteroatoms. The number of carbonyl (C=O) groups is 1. The van der Waals surface area contributed by atoms with E-state index in [0.717, 1.165) is 12.8 Å². The third kappa shape index (κ3) is 4.02. The average Bonchev–Trinajstić information content (AvgIpc) is 3.06. The van der Waals surface area contributed by atoms with E-state index in [0.29, 0.717) is 23.5 Å². The molecule has 1 atom stereocenters. The van der Waals surface area contributed by atoms with E-state index >= 15 is 0 Å². The first-order valence-electron chi connectivity index (χ1n) is 8.01. The molecule has 2 heterocycles. The Kier molecular flexibility index (Phi) is 5.12. The molecule has 0 saturated carbocycles. The predicted molar refractivity (Wildman–Crippen MR) is 97.7 cm³/mol. The Morgan fingerprint density at radius 1 is 1.36 bits per heavy atom. The number of amides is 1. The number of nitrogens with one attached hydrogen (secondary N) is 2. The molecule has 134 valence electrons. The molecule has 1 aromatic heterocycles. The van der Waals surface area contributed by atoms with E-state index in [-0.39, 0.29) is 10.8 Å². The summed E-state index contributed by atoms with van der Waals surface area (Å²) in [4.78, 5) is 13.1. The number of sulfonamides is 1. The molecule has 0 saturated heterocycles. The van der Waals surface area contributed by atoms with Crippen molar-refractivity contribution in [3.63, 3.8) is 0 Å². The van der Waals surface area contributed by atoms with Crippen LogP contribution in [0.3, 0.4) is 0 Å². The van der Waals surface area contributed by atoms with E-state index in [1.165, 1.54) is 10.9 Å². The molecule has 0 spiro atoms. The van der Waals surface area contributed by atoms with Gasteiger partial charge in [-0.3, -0.25) is 4.79 Å². The fourth-order valence-electron chi connectivity index (χ4n) is 2.63. The van der Waals surface area contributed by atoms with E-state index in [4.69, 9.17) is 4.74 Å². The minimum atomic E-state index is -3.64. The summed E-state index contributed by atoms with van der Waals surface area (Å²) >= 11 is 1.67. The number of aryl methyl sites for hydroxylation is 2. The highest BCUT2D eigenvalue weighted by Gasteiger charge is 2.27. The van der Waals surface area contributed by atoms with E-state index in [2.05, 4.69) is 10.0 Å². The summed E-state index contributed by atoms with van der Waals surface area (Å²) in [6, 6.07) is 7.13. The van der Waals surface area contributed by atoms with Crippen LogP contribution >= 0.6 is 11.3 Å².